The molecule has 1 rings (SSSR count). The molecule has 0 spiro atoms. The fraction of sp³-hybridized carbons (Fsp3) is 0.444. The maximum absolute atomic E-state index is 11.4. The summed E-state index contributed by atoms with van der Waals surface area (Å²) in [6, 6.07) is 3.16. The van der Waals surface area contributed by atoms with Crippen LogP contribution in [0.3, 0.4) is 0 Å². The molecule has 0 aliphatic heterocycles. The highest BCUT2D eigenvalue weighted by molar-refractivity contribution is 5.70. The van der Waals surface area contributed by atoms with Crippen LogP contribution in [0, 0.1) is 0 Å². The first-order valence-corrected chi connectivity index (χ1v) is 3.77. The van der Waals surface area contributed by atoms with Crippen LogP contribution in [0.1, 0.15) is 22.1 Å². The number of rotatable bonds is 0. The highest BCUT2D eigenvalue weighted by Gasteiger charge is 2.16. The molecule has 0 unspecified atom stereocenters. The van der Waals surface area contributed by atoms with E-state index in [0.29, 0.717) is 0 Å². The van der Waals surface area contributed by atoms with E-state index in [9.17, 15) is 4.79 Å². The van der Waals surface area contributed by atoms with Crippen LogP contribution in [0.2, 0.25) is 0 Å². The Balaban J connectivity index is 2.76. The van der Waals surface area contributed by atoms with Gasteiger partial charge in [-0.2, -0.15) is 0 Å². The van der Waals surface area contributed by atoms with Crippen molar-refractivity contribution in [2.24, 2.45) is 0 Å². The summed E-state index contributed by atoms with van der Waals surface area (Å²) in [4.78, 5) is 11.4. The maximum Gasteiger partial charge on any atom is 0.418 e. The van der Waals surface area contributed by atoms with Gasteiger partial charge in [0.05, 0.1) is 1.37 Å². The van der Waals surface area contributed by atoms with Crippen molar-refractivity contribution in [3.63, 3.8) is 0 Å². The number of hydrogen-bond donors (Lipinski definition) is 0. The van der Waals surface area contributed by atoms with E-state index in [1.165, 1.54) is 12.3 Å². The van der Waals surface area contributed by atoms with Gasteiger partial charge in [0.1, 0.15) is 5.60 Å². The van der Waals surface area contributed by atoms with Gasteiger partial charge in [-0.1, -0.05) is 0 Å². The van der Waals surface area contributed by atoms with Crippen LogP contribution in [0.5, 0.6) is 0 Å². The lowest BCUT2D eigenvalue weighted by atomic mass is 10.2. The molecule has 0 aliphatic carbocycles. The molecule has 0 aliphatic rings. The van der Waals surface area contributed by atoms with Crippen LogP contribution in [0.15, 0.2) is 24.5 Å². The Morgan fingerprint density at radius 1 is 1.50 bits per heavy atom. The van der Waals surface area contributed by atoms with E-state index in [2.05, 4.69) is 0 Å². The standard InChI is InChI=1S/C9H13NO2/c1-9(2,3)12-8(11)10-6-4-5-7-10/h4-7H,1-3H3/i6D. The van der Waals surface area contributed by atoms with Crippen LogP contribution in [0.4, 0.5) is 4.79 Å². The topological polar surface area (TPSA) is 31.2 Å². The van der Waals surface area contributed by atoms with Gasteiger partial charge in [-0.05, 0) is 32.9 Å². The fourth-order valence-corrected chi connectivity index (χ4v) is 0.720. The molecule has 3 heteroatoms. The van der Waals surface area contributed by atoms with E-state index in [1.807, 2.05) is 0 Å². The minimum Gasteiger partial charge on any atom is -0.443 e. The van der Waals surface area contributed by atoms with E-state index in [1.54, 1.807) is 26.8 Å². The summed E-state index contributed by atoms with van der Waals surface area (Å²) in [5.74, 6) is 0. The van der Waals surface area contributed by atoms with Crippen molar-refractivity contribution in [2.75, 3.05) is 0 Å². The molecule has 0 saturated heterocycles. The Morgan fingerprint density at radius 3 is 2.58 bits per heavy atom. The Kier molecular flexibility index (Phi) is 1.86. The lowest BCUT2D eigenvalue weighted by molar-refractivity contribution is 0.0537. The van der Waals surface area contributed by atoms with E-state index in [0.717, 1.165) is 4.57 Å². The molecular formula is C9H13NO2. The first kappa shape index (κ1) is 7.40. The van der Waals surface area contributed by atoms with Crippen molar-refractivity contribution in [3.8, 4) is 0 Å². The molecule has 1 aromatic rings. The van der Waals surface area contributed by atoms with Crippen molar-refractivity contribution >= 4 is 6.09 Å². The number of hydrogen-bond acceptors (Lipinski definition) is 2. The maximum atomic E-state index is 11.4. The van der Waals surface area contributed by atoms with E-state index >= 15 is 0 Å². The normalized spacial score (nSPS) is 12.4. The lowest BCUT2D eigenvalue weighted by Gasteiger charge is -2.19. The number of aromatic nitrogens is 1. The zero-order valence-electron chi connectivity index (χ0n) is 8.50. The van der Waals surface area contributed by atoms with E-state index in [4.69, 9.17) is 6.11 Å². The van der Waals surface area contributed by atoms with Crippen molar-refractivity contribution < 1.29 is 10.9 Å². The minimum atomic E-state index is -0.520. The third kappa shape index (κ3) is 2.42. The third-order valence-electron chi connectivity index (χ3n) is 1.14. The predicted octanol–water partition coefficient (Wildman–Crippen LogP) is 2.27. The summed E-state index contributed by atoms with van der Waals surface area (Å²) < 4.78 is 13.6. The first-order valence-electron chi connectivity index (χ1n) is 4.27. The summed E-state index contributed by atoms with van der Waals surface area (Å²) in [7, 11) is 0. The van der Waals surface area contributed by atoms with Gasteiger partial charge >= 0.3 is 6.09 Å². The molecule has 0 bridgehead atoms. The van der Waals surface area contributed by atoms with Crippen LogP contribution < -0.4 is 0 Å². The minimum absolute atomic E-state index is 0.134. The zero-order chi connectivity index (χ0) is 10.1. The fourth-order valence-electron chi connectivity index (χ4n) is 0.720. The number of ether oxygens (including phenoxy) is 1. The molecule has 1 aromatic heterocycles. The molecule has 0 atom stereocenters. The molecule has 0 N–H and O–H groups in total. The van der Waals surface area contributed by atoms with Gasteiger partial charge in [0.25, 0.3) is 0 Å². The Bertz CT molecular complexity index is 312. The third-order valence-corrected chi connectivity index (χ3v) is 1.14. The quantitative estimate of drug-likeness (QED) is 0.595. The lowest BCUT2D eigenvalue weighted by Crippen LogP contribution is -2.26. The van der Waals surface area contributed by atoms with Crippen LogP contribution >= 0.6 is 0 Å². The SMILES string of the molecule is [2H]c1cccn1C(=O)OC(C)(C)C. The molecule has 0 aromatic carbocycles. The molecule has 12 heavy (non-hydrogen) atoms. The average molecular weight is 168 g/mol. The summed E-state index contributed by atoms with van der Waals surface area (Å²) in [5.41, 5.74) is -0.520. The summed E-state index contributed by atoms with van der Waals surface area (Å²) >= 11 is 0. The van der Waals surface area contributed by atoms with Gasteiger partial charge in [0, 0.05) is 12.4 Å². The second-order valence-electron chi connectivity index (χ2n) is 3.49. The van der Waals surface area contributed by atoms with Crippen molar-refractivity contribution in [1.29, 1.82) is 0 Å². The summed E-state index contributed by atoms with van der Waals surface area (Å²) in [5, 5.41) is 0. The van der Waals surface area contributed by atoms with Crippen LogP contribution in [-0.4, -0.2) is 16.3 Å². The Morgan fingerprint density at radius 2 is 2.17 bits per heavy atom. The molecule has 0 fully saturated rings. The number of carbonyl (C=O) groups excluding carboxylic acids is 1. The summed E-state index contributed by atoms with van der Waals surface area (Å²) in [6.45, 7) is 5.37. The Labute approximate surface area is 73.4 Å². The Hall–Kier alpha value is -1.25. The van der Waals surface area contributed by atoms with Crippen LogP contribution in [-0.2, 0) is 4.74 Å². The average Bonchev–Trinajstić information content (AvgIpc) is 2.30. The predicted molar refractivity (Wildman–Crippen MR) is 46.1 cm³/mol. The van der Waals surface area contributed by atoms with E-state index in [-0.39, 0.29) is 6.17 Å². The van der Waals surface area contributed by atoms with Gasteiger partial charge in [-0.15, -0.1) is 0 Å². The van der Waals surface area contributed by atoms with Gasteiger partial charge in [0.2, 0.25) is 0 Å². The largest absolute Gasteiger partial charge is 0.443 e. The number of carbonyl (C=O) groups is 1. The highest BCUT2D eigenvalue weighted by Crippen LogP contribution is 2.08. The number of nitrogens with zero attached hydrogens (tertiary/aromatic N) is 1. The zero-order valence-corrected chi connectivity index (χ0v) is 7.50. The first-order chi connectivity index (χ1) is 5.90. The molecule has 0 radical (unpaired) electrons. The van der Waals surface area contributed by atoms with Gasteiger partial charge in [0.15, 0.2) is 0 Å². The van der Waals surface area contributed by atoms with Gasteiger partial charge < -0.3 is 4.74 Å². The van der Waals surface area contributed by atoms with Crippen molar-refractivity contribution in [2.45, 2.75) is 26.4 Å². The second kappa shape index (κ2) is 3.01. The van der Waals surface area contributed by atoms with Gasteiger partial charge in [-0.25, -0.2) is 4.79 Å². The second-order valence-corrected chi connectivity index (χ2v) is 3.49. The monoisotopic (exact) mass is 168 g/mol. The van der Waals surface area contributed by atoms with Crippen molar-refractivity contribution in [3.05, 3.63) is 24.5 Å². The molecule has 66 valence electrons. The molecular weight excluding hydrogens is 154 g/mol. The van der Waals surface area contributed by atoms with Crippen LogP contribution in [0.25, 0.3) is 0 Å². The molecule has 0 saturated carbocycles. The molecule has 0 amide bonds. The van der Waals surface area contributed by atoms with Gasteiger partial charge in [-0.3, -0.25) is 4.57 Å². The molecule has 3 nitrogen and oxygen atoms in total. The summed E-state index contributed by atoms with van der Waals surface area (Å²) in [6.07, 6.45) is 1.13. The smallest absolute Gasteiger partial charge is 0.418 e. The highest BCUT2D eigenvalue weighted by atomic mass is 16.6. The van der Waals surface area contributed by atoms with E-state index < -0.39 is 11.7 Å². The van der Waals surface area contributed by atoms with Crippen molar-refractivity contribution in [1.82, 2.24) is 4.57 Å². The molecule has 1 heterocycles.